The molecule has 1 unspecified atom stereocenters. The van der Waals surface area contributed by atoms with Gasteiger partial charge in [0, 0.05) is 23.8 Å². The first-order valence-electron chi connectivity index (χ1n) is 19.4. The van der Waals surface area contributed by atoms with Crippen molar-refractivity contribution in [2.45, 2.75) is 80.4 Å². The number of aliphatic hydroxyl groups is 5. The SMILES string of the molecule is O=C(O)CC(=O)OC[C@@H]1O[C@@H](Oc2cc(O)cc3c2C=C(O[C@@H]2O[C@@H](COC(=O)/C=C\c4ccc(O)cc4)[C@H](O)[C@@H](O)[C@@H]2O)C(c2ccc(O)cc2)O3)[C@@H](O)[C@H](O)[C@H]1OC(=O)CC(=O)O. The Balaban J connectivity index is 1.27. The van der Waals surface area contributed by atoms with Crippen LogP contribution in [0.2, 0.25) is 0 Å². The maximum atomic E-state index is 12.5. The van der Waals surface area contributed by atoms with Crippen molar-refractivity contribution in [1.29, 1.82) is 0 Å². The van der Waals surface area contributed by atoms with Crippen molar-refractivity contribution in [1.82, 2.24) is 0 Å². The molecule has 0 saturated carbocycles. The van der Waals surface area contributed by atoms with E-state index in [1.165, 1.54) is 60.7 Å². The highest BCUT2D eigenvalue weighted by Gasteiger charge is 2.50. The predicted molar refractivity (Wildman–Crippen MR) is 210 cm³/mol. The van der Waals surface area contributed by atoms with Gasteiger partial charge >= 0.3 is 29.8 Å². The molecule has 0 aliphatic carbocycles. The first kappa shape index (κ1) is 47.5. The molecule has 0 spiro atoms. The van der Waals surface area contributed by atoms with E-state index in [2.05, 4.69) is 0 Å². The fourth-order valence-corrected chi connectivity index (χ4v) is 6.63. The molecule has 3 aliphatic rings. The van der Waals surface area contributed by atoms with Crippen LogP contribution in [0.3, 0.4) is 0 Å². The minimum absolute atomic E-state index is 0.00897. The third-order valence-corrected chi connectivity index (χ3v) is 9.84. The van der Waals surface area contributed by atoms with Crippen LogP contribution in [0, 0.1) is 0 Å². The van der Waals surface area contributed by atoms with Crippen LogP contribution in [-0.2, 0) is 52.4 Å². The number of carbonyl (C=O) groups excluding carboxylic acids is 3. The Hall–Kier alpha value is -6.99. The predicted octanol–water partition coefficient (Wildman–Crippen LogP) is -0.411. The monoisotopic (exact) mass is 914 g/mol. The Labute approximate surface area is 366 Å². The van der Waals surface area contributed by atoms with E-state index >= 15 is 0 Å². The molecule has 23 heteroatoms. The molecule has 348 valence electrons. The first-order chi connectivity index (χ1) is 30.9. The van der Waals surface area contributed by atoms with Gasteiger partial charge in [0.05, 0.1) is 5.56 Å². The second kappa shape index (κ2) is 20.7. The van der Waals surface area contributed by atoms with Crippen molar-refractivity contribution in [2.75, 3.05) is 13.2 Å². The molecule has 0 radical (unpaired) electrons. The van der Waals surface area contributed by atoms with Gasteiger partial charge in [0.1, 0.15) is 103 Å². The molecule has 0 aromatic heterocycles. The van der Waals surface area contributed by atoms with Crippen molar-refractivity contribution in [2.24, 2.45) is 0 Å². The highest BCUT2D eigenvalue weighted by atomic mass is 16.7. The number of aliphatic hydroxyl groups excluding tert-OH is 5. The summed E-state index contributed by atoms with van der Waals surface area (Å²) < 4.78 is 44.9. The molecule has 3 aromatic rings. The number of hydrogen-bond donors (Lipinski definition) is 10. The lowest BCUT2D eigenvalue weighted by Gasteiger charge is -2.42. The van der Waals surface area contributed by atoms with Gasteiger partial charge in [0.15, 0.2) is 12.2 Å². The van der Waals surface area contributed by atoms with Crippen molar-refractivity contribution < 1.29 is 113 Å². The molecule has 2 saturated heterocycles. The molecule has 10 N–H and O–H groups in total. The molecule has 3 aliphatic heterocycles. The average molecular weight is 915 g/mol. The highest BCUT2D eigenvalue weighted by Crippen LogP contribution is 2.46. The summed E-state index contributed by atoms with van der Waals surface area (Å²) in [4.78, 5) is 59.0. The first-order valence-corrected chi connectivity index (χ1v) is 19.4. The molecule has 65 heavy (non-hydrogen) atoms. The maximum Gasteiger partial charge on any atom is 0.330 e. The lowest BCUT2D eigenvalue weighted by atomic mass is 9.98. The van der Waals surface area contributed by atoms with E-state index < -0.39 is 129 Å². The van der Waals surface area contributed by atoms with E-state index in [1.807, 2.05) is 0 Å². The van der Waals surface area contributed by atoms with Crippen LogP contribution in [0.25, 0.3) is 12.2 Å². The summed E-state index contributed by atoms with van der Waals surface area (Å²) in [6, 6.07) is 13.5. The smallest absolute Gasteiger partial charge is 0.330 e. The van der Waals surface area contributed by atoms with Crippen LogP contribution >= 0.6 is 0 Å². The lowest BCUT2D eigenvalue weighted by Crippen LogP contribution is -2.61. The van der Waals surface area contributed by atoms with E-state index in [0.29, 0.717) is 11.1 Å². The van der Waals surface area contributed by atoms with Gasteiger partial charge in [0.25, 0.3) is 0 Å². The number of hydrogen-bond acceptors (Lipinski definition) is 21. The minimum atomic E-state index is -2.12. The fraction of sp³-hybridized carbons (Fsp3) is 0.357. The van der Waals surface area contributed by atoms with Gasteiger partial charge < -0.3 is 89.0 Å². The average Bonchev–Trinajstić information content (AvgIpc) is 3.25. The van der Waals surface area contributed by atoms with Crippen LogP contribution in [-0.4, -0.2) is 156 Å². The largest absolute Gasteiger partial charge is 0.508 e. The van der Waals surface area contributed by atoms with Crippen LogP contribution in [0.4, 0.5) is 0 Å². The number of phenolic OH excluding ortho intramolecular Hbond substituents is 3. The summed E-state index contributed by atoms with van der Waals surface area (Å²) in [5.74, 6) is -8.04. The third-order valence-electron chi connectivity index (χ3n) is 9.84. The number of carboxylic acids is 2. The number of benzene rings is 3. The Kier molecular flexibility index (Phi) is 15.1. The van der Waals surface area contributed by atoms with Gasteiger partial charge in [-0.15, -0.1) is 0 Å². The number of fused-ring (bicyclic) bond motifs is 1. The van der Waals surface area contributed by atoms with Crippen molar-refractivity contribution >= 4 is 42.0 Å². The topological polar surface area (TPSA) is 361 Å². The van der Waals surface area contributed by atoms with Crippen molar-refractivity contribution in [3.63, 3.8) is 0 Å². The van der Waals surface area contributed by atoms with Crippen molar-refractivity contribution in [3.05, 3.63) is 89.2 Å². The Bertz CT molecular complexity index is 2270. The molecule has 23 nitrogen and oxygen atoms in total. The van der Waals surface area contributed by atoms with Gasteiger partial charge in [-0.1, -0.05) is 24.3 Å². The second-order valence-electron chi connectivity index (χ2n) is 14.6. The maximum absolute atomic E-state index is 12.5. The molecule has 6 rings (SSSR count). The van der Waals surface area contributed by atoms with Crippen LogP contribution in [0.15, 0.2) is 72.5 Å². The minimum Gasteiger partial charge on any atom is -0.508 e. The number of rotatable bonds is 16. The van der Waals surface area contributed by atoms with E-state index in [0.717, 1.165) is 18.2 Å². The van der Waals surface area contributed by atoms with Gasteiger partial charge in [-0.2, -0.15) is 0 Å². The van der Waals surface area contributed by atoms with E-state index in [9.17, 15) is 64.8 Å². The van der Waals surface area contributed by atoms with Crippen LogP contribution < -0.4 is 9.47 Å². The quantitative estimate of drug-likeness (QED) is 0.0378. The van der Waals surface area contributed by atoms with Crippen molar-refractivity contribution in [3.8, 4) is 28.7 Å². The Morgan fingerprint density at radius 1 is 0.631 bits per heavy atom. The van der Waals surface area contributed by atoms with E-state index in [1.54, 1.807) is 0 Å². The molecule has 2 fully saturated rings. The molecule has 3 aromatic carbocycles. The number of phenols is 3. The number of carboxylic acid groups (broad SMARTS) is 2. The molecular weight excluding hydrogens is 872 g/mol. The normalized spacial score (nSPS) is 27.3. The molecule has 3 heterocycles. The van der Waals surface area contributed by atoms with E-state index in [4.69, 9.17) is 48.1 Å². The molecule has 0 bridgehead atoms. The van der Waals surface area contributed by atoms with E-state index in [-0.39, 0.29) is 34.3 Å². The fourth-order valence-electron chi connectivity index (χ4n) is 6.63. The number of ether oxygens (including phenoxy) is 8. The zero-order valence-corrected chi connectivity index (χ0v) is 33.5. The lowest BCUT2D eigenvalue weighted by molar-refractivity contribution is -0.294. The highest BCUT2D eigenvalue weighted by molar-refractivity contribution is 5.90. The standard InChI is InChI=1S/C42H42O23/c43-20-6-1-18(2-7-20)3-10-31(50)58-16-27-34(53)35(54)37(56)41(63-27)62-26-13-23-24(60-39(26)19-4-8-21(44)9-5-19)11-22(45)12-25(23)61-42-38(57)36(55)40(65-33(52)15-30(48)49)28(64-42)17-59-32(51)14-29(46)47/h1-13,27-28,34-45,53-57H,14-17H2,(H,46,47)(H,48,49)/b10-3-/t27-,28-,34-,35+,36-,37-,38-,39?,40-,41+,42+/m0/s1. The molecule has 11 atom stereocenters. The number of aliphatic carboxylic acids is 2. The summed E-state index contributed by atoms with van der Waals surface area (Å²) in [5.41, 5.74) is 0.777. The summed E-state index contributed by atoms with van der Waals surface area (Å²) in [5, 5.41) is 103. The summed E-state index contributed by atoms with van der Waals surface area (Å²) in [7, 11) is 0. The summed E-state index contributed by atoms with van der Waals surface area (Å²) in [6.07, 6.45) is -18.6. The third kappa shape index (κ3) is 12.0. The Morgan fingerprint density at radius 3 is 1.88 bits per heavy atom. The summed E-state index contributed by atoms with van der Waals surface area (Å²) in [6.45, 7) is -1.55. The van der Waals surface area contributed by atoms with Gasteiger partial charge in [0.2, 0.25) is 12.6 Å². The van der Waals surface area contributed by atoms with Gasteiger partial charge in [-0.3, -0.25) is 19.2 Å². The second-order valence-corrected chi connectivity index (χ2v) is 14.6. The number of esters is 3. The van der Waals surface area contributed by atoms with Crippen LogP contribution in [0.5, 0.6) is 28.7 Å². The van der Waals surface area contributed by atoms with Crippen LogP contribution in [0.1, 0.15) is 35.6 Å². The Morgan fingerprint density at radius 2 is 1.22 bits per heavy atom. The summed E-state index contributed by atoms with van der Waals surface area (Å²) >= 11 is 0. The number of aromatic hydroxyl groups is 3. The zero-order chi connectivity index (χ0) is 47.1. The zero-order valence-electron chi connectivity index (χ0n) is 33.5. The van der Waals surface area contributed by atoms with Gasteiger partial charge in [-0.05, 0) is 42.0 Å². The molecular formula is C42H42O23. The molecule has 0 amide bonds. The number of carbonyl (C=O) groups is 5. The van der Waals surface area contributed by atoms with Gasteiger partial charge in [-0.25, -0.2) is 4.79 Å².